The van der Waals surface area contributed by atoms with Gasteiger partial charge in [0.2, 0.25) is 0 Å². The van der Waals surface area contributed by atoms with Crippen molar-refractivity contribution in [3.8, 4) is 0 Å². The zero-order valence-electron chi connectivity index (χ0n) is 7.97. The van der Waals surface area contributed by atoms with Crippen molar-refractivity contribution in [1.82, 2.24) is 10.6 Å². The fraction of sp³-hybridized carbons (Fsp3) is 0.600. The predicted octanol–water partition coefficient (Wildman–Crippen LogP) is 1.37. The van der Waals surface area contributed by atoms with Gasteiger partial charge in [-0.2, -0.15) is 11.3 Å². The maximum Gasteiger partial charge on any atom is 0.0216 e. The van der Waals surface area contributed by atoms with Crippen LogP contribution in [0.15, 0.2) is 10.8 Å². The molecular weight excluding hydrogens is 180 g/mol. The Morgan fingerprint density at radius 3 is 2.92 bits per heavy atom. The molecule has 1 aromatic rings. The highest BCUT2D eigenvalue weighted by Crippen LogP contribution is 2.13. The van der Waals surface area contributed by atoms with Crippen LogP contribution in [0.2, 0.25) is 0 Å². The Morgan fingerprint density at radius 2 is 2.38 bits per heavy atom. The normalized spacial score (nSPS) is 17.3. The molecule has 0 aromatic carbocycles. The third kappa shape index (κ3) is 2.30. The van der Waals surface area contributed by atoms with E-state index in [1.807, 2.05) is 0 Å². The van der Waals surface area contributed by atoms with Crippen LogP contribution in [-0.4, -0.2) is 19.6 Å². The van der Waals surface area contributed by atoms with Gasteiger partial charge in [-0.3, -0.25) is 0 Å². The van der Waals surface area contributed by atoms with E-state index in [-0.39, 0.29) is 0 Å². The van der Waals surface area contributed by atoms with Crippen molar-refractivity contribution in [2.24, 2.45) is 5.92 Å². The van der Waals surface area contributed by atoms with Crippen LogP contribution < -0.4 is 10.6 Å². The highest BCUT2D eigenvalue weighted by atomic mass is 32.1. The van der Waals surface area contributed by atoms with Gasteiger partial charge in [0, 0.05) is 26.2 Å². The van der Waals surface area contributed by atoms with Gasteiger partial charge < -0.3 is 10.6 Å². The first-order valence-corrected chi connectivity index (χ1v) is 5.73. The van der Waals surface area contributed by atoms with E-state index in [1.54, 1.807) is 11.3 Å². The van der Waals surface area contributed by atoms with E-state index in [2.05, 4.69) is 28.3 Å². The summed E-state index contributed by atoms with van der Waals surface area (Å²) in [5, 5.41) is 11.2. The molecule has 0 spiro atoms. The molecule has 1 aliphatic heterocycles. The van der Waals surface area contributed by atoms with E-state index in [1.165, 1.54) is 24.2 Å². The molecule has 0 saturated carbocycles. The number of hydrogen-bond acceptors (Lipinski definition) is 3. The van der Waals surface area contributed by atoms with E-state index < -0.39 is 0 Å². The van der Waals surface area contributed by atoms with Gasteiger partial charge in [0.1, 0.15) is 0 Å². The fourth-order valence-electron chi connectivity index (χ4n) is 1.47. The molecule has 0 unspecified atom stereocenters. The quantitative estimate of drug-likeness (QED) is 0.760. The zero-order chi connectivity index (χ0) is 9.10. The SMILES string of the molecule is Cc1cscc1CNCC1CNC1. The summed E-state index contributed by atoms with van der Waals surface area (Å²) in [6, 6.07) is 0. The third-order valence-electron chi connectivity index (χ3n) is 2.58. The number of aryl methyl sites for hydroxylation is 1. The van der Waals surface area contributed by atoms with Crippen molar-refractivity contribution in [3.05, 3.63) is 21.9 Å². The van der Waals surface area contributed by atoms with Crippen molar-refractivity contribution in [2.45, 2.75) is 13.5 Å². The molecule has 1 aromatic heterocycles. The number of rotatable bonds is 4. The maximum atomic E-state index is 3.50. The Bertz CT molecular complexity index is 266. The summed E-state index contributed by atoms with van der Waals surface area (Å²) in [7, 11) is 0. The van der Waals surface area contributed by atoms with Crippen LogP contribution in [-0.2, 0) is 6.54 Å². The second-order valence-corrected chi connectivity index (χ2v) is 4.48. The molecule has 2 N–H and O–H groups in total. The molecule has 1 saturated heterocycles. The topological polar surface area (TPSA) is 24.1 Å². The van der Waals surface area contributed by atoms with Crippen molar-refractivity contribution < 1.29 is 0 Å². The van der Waals surface area contributed by atoms with Gasteiger partial charge in [0.05, 0.1) is 0 Å². The Balaban J connectivity index is 1.70. The zero-order valence-corrected chi connectivity index (χ0v) is 8.79. The molecule has 2 heterocycles. The van der Waals surface area contributed by atoms with Gasteiger partial charge in [-0.05, 0) is 34.7 Å². The molecule has 13 heavy (non-hydrogen) atoms. The summed E-state index contributed by atoms with van der Waals surface area (Å²) in [5.74, 6) is 0.860. The molecule has 2 nitrogen and oxygen atoms in total. The molecular formula is C10H16N2S. The predicted molar refractivity (Wildman–Crippen MR) is 57.1 cm³/mol. The van der Waals surface area contributed by atoms with Crippen LogP contribution in [0.25, 0.3) is 0 Å². The molecule has 0 radical (unpaired) electrons. The maximum absolute atomic E-state index is 3.50. The van der Waals surface area contributed by atoms with Gasteiger partial charge in [0.15, 0.2) is 0 Å². The summed E-state index contributed by atoms with van der Waals surface area (Å²) in [5.41, 5.74) is 2.88. The monoisotopic (exact) mass is 196 g/mol. The minimum absolute atomic E-state index is 0.860. The van der Waals surface area contributed by atoms with Crippen LogP contribution in [0, 0.1) is 12.8 Å². The molecule has 1 fully saturated rings. The molecule has 3 heteroatoms. The lowest BCUT2D eigenvalue weighted by molar-refractivity contribution is 0.331. The molecule has 1 aliphatic rings. The Hall–Kier alpha value is -0.380. The smallest absolute Gasteiger partial charge is 0.0216 e. The lowest BCUT2D eigenvalue weighted by Gasteiger charge is -2.27. The average Bonchev–Trinajstić information content (AvgIpc) is 2.42. The summed E-state index contributed by atoms with van der Waals surface area (Å²) < 4.78 is 0. The molecule has 0 amide bonds. The first kappa shape index (κ1) is 9.19. The Labute approximate surface area is 83.4 Å². The largest absolute Gasteiger partial charge is 0.316 e. The average molecular weight is 196 g/mol. The van der Waals surface area contributed by atoms with Crippen molar-refractivity contribution in [2.75, 3.05) is 19.6 Å². The van der Waals surface area contributed by atoms with E-state index in [0.717, 1.165) is 19.0 Å². The molecule has 2 rings (SSSR count). The highest BCUT2D eigenvalue weighted by molar-refractivity contribution is 7.08. The number of hydrogen-bond donors (Lipinski definition) is 2. The Morgan fingerprint density at radius 1 is 1.54 bits per heavy atom. The summed E-state index contributed by atoms with van der Waals surface area (Å²) in [6.07, 6.45) is 0. The van der Waals surface area contributed by atoms with Gasteiger partial charge in [-0.25, -0.2) is 0 Å². The first-order chi connectivity index (χ1) is 6.36. The minimum atomic E-state index is 0.860. The second kappa shape index (κ2) is 4.22. The van der Waals surface area contributed by atoms with Crippen LogP contribution in [0.4, 0.5) is 0 Å². The van der Waals surface area contributed by atoms with E-state index in [9.17, 15) is 0 Å². The highest BCUT2D eigenvalue weighted by Gasteiger charge is 2.15. The lowest BCUT2D eigenvalue weighted by Crippen LogP contribution is -2.47. The first-order valence-electron chi connectivity index (χ1n) is 4.79. The number of nitrogens with one attached hydrogen (secondary N) is 2. The lowest BCUT2D eigenvalue weighted by atomic mass is 10.0. The number of thiophene rings is 1. The van der Waals surface area contributed by atoms with Gasteiger partial charge in [-0.15, -0.1) is 0 Å². The van der Waals surface area contributed by atoms with Gasteiger partial charge in [0.25, 0.3) is 0 Å². The summed E-state index contributed by atoms with van der Waals surface area (Å²) in [4.78, 5) is 0. The van der Waals surface area contributed by atoms with Gasteiger partial charge >= 0.3 is 0 Å². The van der Waals surface area contributed by atoms with Crippen LogP contribution in [0.5, 0.6) is 0 Å². The second-order valence-electron chi connectivity index (χ2n) is 3.74. The molecule has 72 valence electrons. The van der Waals surface area contributed by atoms with Crippen molar-refractivity contribution >= 4 is 11.3 Å². The van der Waals surface area contributed by atoms with Crippen molar-refractivity contribution in [1.29, 1.82) is 0 Å². The minimum Gasteiger partial charge on any atom is -0.316 e. The van der Waals surface area contributed by atoms with Crippen LogP contribution >= 0.6 is 11.3 Å². The van der Waals surface area contributed by atoms with E-state index >= 15 is 0 Å². The Kier molecular flexibility index (Phi) is 2.98. The molecule has 0 atom stereocenters. The van der Waals surface area contributed by atoms with Crippen LogP contribution in [0.1, 0.15) is 11.1 Å². The molecule has 0 aliphatic carbocycles. The standard InChI is InChI=1S/C10H16N2S/c1-8-6-13-7-10(8)5-12-4-9-2-11-3-9/h6-7,9,11-12H,2-5H2,1H3. The van der Waals surface area contributed by atoms with Gasteiger partial charge in [-0.1, -0.05) is 0 Å². The fourth-order valence-corrected chi connectivity index (χ4v) is 2.33. The van der Waals surface area contributed by atoms with Crippen LogP contribution in [0.3, 0.4) is 0 Å². The summed E-state index contributed by atoms with van der Waals surface area (Å²) >= 11 is 1.79. The molecule has 0 bridgehead atoms. The van der Waals surface area contributed by atoms with E-state index in [0.29, 0.717) is 0 Å². The van der Waals surface area contributed by atoms with Crippen molar-refractivity contribution in [3.63, 3.8) is 0 Å². The summed E-state index contributed by atoms with van der Waals surface area (Å²) in [6.45, 7) is 6.75. The van der Waals surface area contributed by atoms with E-state index in [4.69, 9.17) is 0 Å². The third-order valence-corrected chi connectivity index (χ3v) is 3.49.